The van der Waals surface area contributed by atoms with Crippen LogP contribution in [0.15, 0.2) is 108 Å². The van der Waals surface area contributed by atoms with E-state index in [0.717, 1.165) is 22.3 Å². The number of amides is 2. The predicted octanol–water partition coefficient (Wildman–Crippen LogP) is 6.96. The van der Waals surface area contributed by atoms with Crippen LogP contribution < -0.4 is 9.62 Å². The quantitative estimate of drug-likeness (QED) is 0.178. The summed E-state index contributed by atoms with van der Waals surface area (Å²) in [7, 11) is -4.18. The number of nitrogens with one attached hydrogen (secondary N) is 1. The van der Waals surface area contributed by atoms with Gasteiger partial charge in [-0.2, -0.15) is 0 Å². The Hall–Kier alpha value is -4.14. The van der Waals surface area contributed by atoms with Crippen molar-refractivity contribution < 1.29 is 18.0 Å². The van der Waals surface area contributed by atoms with Gasteiger partial charge in [-0.3, -0.25) is 13.9 Å². The second-order valence-electron chi connectivity index (χ2n) is 12.4. The molecule has 0 fully saturated rings. The fourth-order valence-electron chi connectivity index (χ4n) is 5.20. The summed E-state index contributed by atoms with van der Waals surface area (Å²) in [6.07, 6.45) is 0.793. The van der Waals surface area contributed by atoms with Crippen LogP contribution in [0.3, 0.4) is 0 Å². The van der Waals surface area contributed by atoms with Crippen LogP contribution in [0.1, 0.15) is 49.9 Å². The monoisotopic (exact) mass is 659 g/mol. The number of sulfonamides is 1. The van der Waals surface area contributed by atoms with Crippen molar-refractivity contribution in [1.29, 1.82) is 0 Å². The number of hydrogen-bond donors (Lipinski definition) is 1. The van der Waals surface area contributed by atoms with E-state index in [-0.39, 0.29) is 23.8 Å². The Bertz CT molecular complexity index is 1740. The number of para-hydroxylation sites is 1. The van der Waals surface area contributed by atoms with E-state index in [1.165, 1.54) is 9.21 Å². The standard InChI is InChI=1S/C37H42ClN3O4S/c1-6-30-14-10-11-15-33(30)41(46(44,45)32-22-16-27(2)17-23-32)26-35(42)40(25-29-18-20-31(38)21-19-29)34(36(43)39-37(3,4)5)24-28-12-8-7-9-13-28/h7-23,34H,6,24-26H2,1-5H3,(H,39,43)/t34-/m0/s1. The van der Waals surface area contributed by atoms with Crippen molar-refractivity contribution in [3.8, 4) is 0 Å². The molecule has 0 saturated heterocycles. The van der Waals surface area contributed by atoms with Crippen molar-refractivity contribution >= 4 is 39.1 Å². The Morgan fingerprint density at radius 2 is 1.43 bits per heavy atom. The van der Waals surface area contributed by atoms with E-state index in [4.69, 9.17) is 11.6 Å². The van der Waals surface area contributed by atoms with E-state index < -0.39 is 34.1 Å². The van der Waals surface area contributed by atoms with E-state index in [2.05, 4.69) is 5.32 Å². The van der Waals surface area contributed by atoms with Crippen LogP contribution in [-0.2, 0) is 39.0 Å². The summed E-state index contributed by atoms with van der Waals surface area (Å²) in [6.45, 7) is 9.03. The Morgan fingerprint density at radius 3 is 2.04 bits per heavy atom. The fourth-order valence-corrected chi connectivity index (χ4v) is 6.78. The van der Waals surface area contributed by atoms with E-state index in [0.29, 0.717) is 17.1 Å². The van der Waals surface area contributed by atoms with Gasteiger partial charge < -0.3 is 10.2 Å². The van der Waals surface area contributed by atoms with Crippen molar-refractivity contribution in [3.05, 3.63) is 130 Å². The third-order valence-corrected chi connectivity index (χ3v) is 9.59. The minimum atomic E-state index is -4.18. The van der Waals surface area contributed by atoms with Gasteiger partial charge in [0, 0.05) is 23.5 Å². The number of rotatable bonds is 12. The van der Waals surface area contributed by atoms with E-state index in [9.17, 15) is 18.0 Å². The number of nitrogens with zero attached hydrogens (tertiary/aromatic N) is 2. The highest BCUT2D eigenvalue weighted by molar-refractivity contribution is 7.92. The highest BCUT2D eigenvalue weighted by Gasteiger charge is 2.36. The molecule has 46 heavy (non-hydrogen) atoms. The molecule has 4 aromatic carbocycles. The molecule has 1 N–H and O–H groups in total. The lowest BCUT2D eigenvalue weighted by Gasteiger charge is -2.35. The van der Waals surface area contributed by atoms with Crippen LogP contribution in [-0.4, -0.2) is 43.3 Å². The number of halogens is 1. The zero-order valence-electron chi connectivity index (χ0n) is 27.0. The maximum Gasteiger partial charge on any atom is 0.264 e. The van der Waals surface area contributed by atoms with Crippen LogP contribution in [0.5, 0.6) is 0 Å². The van der Waals surface area contributed by atoms with Gasteiger partial charge in [0.15, 0.2) is 0 Å². The number of hydrogen-bond acceptors (Lipinski definition) is 4. The Morgan fingerprint density at radius 1 is 0.826 bits per heavy atom. The molecular formula is C37H42ClN3O4S. The molecule has 7 nitrogen and oxygen atoms in total. The number of anilines is 1. The first-order valence-electron chi connectivity index (χ1n) is 15.4. The zero-order valence-corrected chi connectivity index (χ0v) is 28.6. The second-order valence-corrected chi connectivity index (χ2v) is 14.7. The summed E-state index contributed by atoms with van der Waals surface area (Å²) in [5.74, 6) is -0.845. The Balaban J connectivity index is 1.84. The van der Waals surface area contributed by atoms with Crippen molar-refractivity contribution in [1.82, 2.24) is 10.2 Å². The molecule has 0 aromatic heterocycles. The topological polar surface area (TPSA) is 86.8 Å². The first-order valence-corrected chi connectivity index (χ1v) is 17.2. The predicted molar refractivity (Wildman–Crippen MR) is 185 cm³/mol. The first-order chi connectivity index (χ1) is 21.8. The van der Waals surface area contributed by atoms with Crippen LogP contribution in [0.4, 0.5) is 5.69 Å². The summed E-state index contributed by atoms with van der Waals surface area (Å²) < 4.78 is 29.8. The average Bonchev–Trinajstić information content (AvgIpc) is 3.02. The molecule has 0 bridgehead atoms. The van der Waals surface area contributed by atoms with Crippen LogP contribution in [0, 0.1) is 6.92 Å². The van der Waals surface area contributed by atoms with Crippen LogP contribution in [0.25, 0.3) is 0 Å². The fraction of sp³-hybridized carbons (Fsp3) is 0.297. The van der Waals surface area contributed by atoms with Crippen molar-refractivity contribution in [3.63, 3.8) is 0 Å². The third kappa shape index (κ3) is 8.98. The smallest absolute Gasteiger partial charge is 0.264 e. The van der Waals surface area contributed by atoms with Gasteiger partial charge in [-0.1, -0.05) is 96.9 Å². The number of carbonyl (C=O) groups excluding carboxylic acids is 2. The zero-order chi connectivity index (χ0) is 33.5. The number of aryl methyl sites for hydroxylation is 2. The van der Waals surface area contributed by atoms with Gasteiger partial charge >= 0.3 is 0 Å². The van der Waals surface area contributed by atoms with Crippen LogP contribution in [0.2, 0.25) is 5.02 Å². The minimum Gasteiger partial charge on any atom is -0.350 e. The van der Waals surface area contributed by atoms with Gasteiger partial charge in [0.1, 0.15) is 12.6 Å². The third-order valence-electron chi connectivity index (χ3n) is 7.56. The van der Waals surface area contributed by atoms with Gasteiger partial charge in [-0.25, -0.2) is 8.42 Å². The van der Waals surface area contributed by atoms with Crippen molar-refractivity contribution in [2.45, 2.75) is 70.5 Å². The molecule has 0 spiro atoms. The molecule has 2 amide bonds. The summed E-state index contributed by atoms with van der Waals surface area (Å²) in [4.78, 5) is 30.2. The molecule has 0 unspecified atom stereocenters. The molecule has 0 heterocycles. The van der Waals surface area contributed by atoms with E-state index >= 15 is 0 Å². The molecule has 0 saturated carbocycles. The summed E-state index contributed by atoms with van der Waals surface area (Å²) in [5.41, 5.74) is 3.16. The van der Waals surface area contributed by atoms with E-state index in [1.54, 1.807) is 60.7 Å². The Labute approximate surface area is 278 Å². The largest absolute Gasteiger partial charge is 0.350 e. The maximum atomic E-state index is 14.6. The molecule has 4 rings (SSSR count). The average molecular weight is 660 g/mol. The second kappa shape index (κ2) is 15.0. The van der Waals surface area contributed by atoms with Gasteiger partial charge in [0.25, 0.3) is 10.0 Å². The van der Waals surface area contributed by atoms with Gasteiger partial charge in [0.2, 0.25) is 11.8 Å². The molecule has 0 aliphatic carbocycles. The highest BCUT2D eigenvalue weighted by Crippen LogP contribution is 2.29. The van der Waals surface area contributed by atoms with E-state index in [1.807, 2.05) is 77.1 Å². The normalized spacial score (nSPS) is 12.3. The van der Waals surface area contributed by atoms with Crippen molar-refractivity contribution in [2.24, 2.45) is 0 Å². The number of benzene rings is 4. The summed E-state index contributed by atoms with van der Waals surface area (Å²) >= 11 is 6.17. The Kier molecular flexibility index (Phi) is 11.3. The SMILES string of the molecule is CCc1ccccc1N(CC(=O)N(Cc1ccc(Cl)cc1)[C@@H](Cc1ccccc1)C(=O)NC(C)(C)C)S(=O)(=O)c1ccc(C)cc1. The molecular weight excluding hydrogens is 618 g/mol. The summed E-state index contributed by atoms with van der Waals surface area (Å²) in [5, 5.41) is 3.59. The maximum absolute atomic E-state index is 14.6. The summed E-state index contributed by atoms with van der Waals surface area (Å²) in [6, 6.07) is 29.4. The molecule has 242 valence electrons. The lowest BCUT2D eigenvalue weighted by Crippen LogP contribution is -2.56. The van der Waals surface area contributed by atoms with Gasteiger partial charge in [0.05, 0.1) is 10.6 Å². The molecule has 4 aromatic rings. The lowest BCUT2D eigenvalue weighted by atomic mass is 10.0. The molecule has 0 aliphatic rings. The van der Waals surface area contributed by atoms with Gasteiger partial charge in [-0.15, -0.1) is 0 Å². The highest BCUT2D eigenvalue weighted by atomic mass is 35.5. The molecule has 0 aliphatic heterocycles. The molecule has 1 atom stereocenters. The van der Waals surface area contributed by atoms with Crippen molar-refractivity contribution in [2.75, 3.05) is 10.8 Å². The minimum absolute atomic E-state index is 0.0684. The number of carbonyl (C=O) groups is 2. The van der Waals surface area contributed by atoms with Gasteiger partial charge in [-0.05, 0) is 81.1 Å². The lowest BCUT2D eigenvalue weighted by molar-refractivity contribution is -0.140. The van der Waals surface area contributed by atoms with Crippen LogP contribution >= 0.6 is 11.6 Å². The molecule has 9 heteroatoms. The first kappa shape index (κ1) is 34.7. The molecule has 0 radical (unpaired) electrons.